The maximum Gasteiger partial charge on any atom is 0.225 e. The third-order valence-corrected chi connectivity index (χ3v) is 7.62. The van der Waals surface area contributed by atoms with Crippen molar-refractivity contribution in [1.29, 1.82) is 5.26 Å². The van der Waals surface area contributed by atoms with Gasteiger partial charge < -0.3 is 9.88 Å². The molecule has 0 spiro atoms. The van der Waals surface area contributed by atoms with Crippen LogP contribution in [0.15, 0.2) is 36.7 Å². The summed E-state index contributed by atoms with van der Waals surface area (Å²) in [6, 6.07) is 9.86. The molecule has 2 aromatic heterocycles. The zero-order chi connectivity index (χ0) is 23.7. The highest BCUT2D eigenvalue weighted by Gasteiger charge is 2.31. The van der Waals surface area contributed by atoms with Gasteiger partial charge in [0.1, 0.15) is 6.07 Å². The number of pyridine rings is 1. The van der Waals surface area contributed by atoms with Crippen LogP contribution in [0.25, 0.3) is 10.9 Å². The van der Waals surface area contributed by atoms with Crippen LogP contribution < -0.4 is 0 Å². The molecule has 5 rings (SSSR count). The summed E-state index contributed by atoms with van der Waals surface area (Å²) in [6.07, 6.45) is 10.3. The first kappa shape index (κ1) is 22.3. The van der Waals surface area contributed by atoms with E-state index in [-0.39, 0.29) is 18.1 Å². The van der Waals surface area contributed by atoms with Crippen LogP contribution in [0.4, 0.5) is 0 Å². The Morgan fingerprint density at radius 3 is 2.65 bits per heavy atom. The van der Waals surface area contributed by atoms with Crippen molar-refractivity contribution in [2.24, 2.45) is 5.92 Å². The summed E-state index contributed by atoms with van der Waals surface area (Å²) in [5.41, 5.74) is 4.84. The van der Waals surface area contributed by atoms with Crippen LogP contribution in [0.2, 0.25) is 0 Å². The summed E-state index contributed by atoms with van der Waals surface area (Å²) in [7, 11) is 0. The Bertz CT molecular complexity index is 1270. The van der Waals surface area contributed by atoms with Crippen molar-refractivity contribution in [3.63, 3.8) is 0 Å². The lowest BCUT2D eigenvalue weighted by Gasteiger charge is -2.33. The lowest BCUT2D eigenvalue weighted by atomic mass is 9.88. The fourth-order valence-electron chi connectivity index (χ4n) is 5.57. The van der Waals surface area contributed by atoms with Gasteiger partial charge in [-0.2, -0.15) is 5.26 Å². The Balaban J connectivity index is 1.29. The van der Waals surface area contributed by atoms with Crippen LogP contribution in [0.3, 0.4) is 0 Å². The summed E-state index contributed by atoms with van der Waals surface area (Å²) in [5, 5.41) is 10.4. The number of ketones is 1. The number of nitrogens with one attached hydrogen (secondary N) is 1. The minimum atomic E-state index is -0.0424. The van der Waals surface area contributed by atoms with Gasteiger partial charge in [0.25, 0.3) is 0 Å². The van der Waals surface area contributed by atoms with Crippen molar-refractivity contribution < 1.29 is 9.59 Å². The molecule has 3 heterocycles. The number of Topliss-reactive ketones (excluding diaryl/α,β-unsaturated/α-hetero) is 1. The molecule has 1 aliphatic heterocycles. The molecule has 6 heteroatoms. The van der Waals surface area contributed by atoms with E-state index in [2.05, 4.69) is 33.2 Å². The highest BCUT2D eigenvalue weighted by Crippen LogP contribution is 2.35. The first-order valence-electron chi connectivity index (χ1n) is 12.3. The molecule has 2 aliphatic rings. The Hall–Kier alpha value is -3.46. The number of benzene rings is 1. The number of likely N-dealkylation sites (tertiary alicyclic amines) is 1. The van der Waals surface area contributed by atoms with Gasteiger partial charge in [0, 0.05) is 54.3 Å². The smallest absolute Gasteiger partial charge is 0.225 e. The molecule has 1 aliphatic carbocycles. The predicted octanol–water partition coefficient (Wildman–Crippen LogP) is 5.06. The predicted molar refractivity (Wildman–Crippen MR) is 131 cm³/mol. The third kappa shape index (κ3) is 4.35. The SMILES string of the molecule is Cc1ncc(C(=O)Cc2ccc3[nH]cc(C4CCN(C(=O)C5CCCC5)CC4)c3c2)cc1C#N. The van der Waals surface area contributed by atoms with Crippen LogP contribution in [-0.2, 0) is 11.2 Å². The molecule has 34 heavy (non-hydrogen) atoms. The number of rotatable bonds is 5. The van der Waals surface area contributed by atoms with Crippen molar-refractivity contribution in [2.75, 3.05) is 13.1 Å². The van der Waals surface area contributed by atoms with Gasteiger partial charge in [-0.1, -0.05) is 18.9 Å². The molecular formula is C28H30N4O2. The highest BCUT2D eigenvalue weighted by atomic mass is 16.2. The zero-order valence-electron chi connectivity index (χ0n) is 19.6. The molecule has 0 unspecified atom stereocenters. The van der Waals surface area contributed by atoms with E-state index in [0.717, 1.165) is 55.2 Å². The lowest BCUT2D eigenvalue weighted by Crippen LogP contribution is -2.40. The number of nitrogens with zero attached hydrogens (tertiary/aromatic N) is 3. The van der Waals surface area contributed by atoms with Crippen LogP contribution in [0.5, 0.6) is 0 Å². The second-order valence-corrected chi connectivity index (χ2v) is 9.77. The van der Waals surface area contributed by atoms with Gasteiger partial charge in [-0.05, 0) is 67.9 Å². The molecular weight excluding hydrogens is 424 g/mol. The van der Waals surface area contributed by atoms with Crippen molar-refractivity contribution in [3.05, 3.63) is 64.6 Å². The van der Waals surface area contributed by atoms with Gasteiger partial charge in [-0.25, -0.2) is 0 Å². The number of carbonyl (C=O) groups excluding carboxylic acids is 2. The Labute approximate surface area is 200 Å². The summed E-state index contributed by atoms with van der Waals surface area (Å²) in [5.74, 6) is 0.976. The molecule has 0 radical (unpaired) electrons. The van der Waals surface area contributed by atoms with Crippen molar-refractivity contribution in [2.45, 2.75) is 57.8 Å². The first-order valence-corrected chi connectivity index (χ1v) is 12.3. The lowest BCUT2D eigenvalue weighted by molar-refractivity contribution is -0.136. The number of H-pyrrole nitrogens is 1. The Morgan fingerprint density at radius 1 is 1.15 bits per heavy atom. The van der Waals surface area contributed by atoms with E-state index >= 15 is 0 Å². The summed E-state index contributed by atoms with van der Waals surface area (Å²) in [6.45, 7) is 3.42. The molecule has 1 saturated carbocycles. The molecule has 174 valence electrons. The van der Waals surface area contributed by atoms with Crippen molar-refractivity contribution in [3.8, 4) is 6.07 Å². The van der Waals surface area contributed by atoms with E-state index in [9.17, 15) is 14.9 Å². The fraction of sp³-hybridized carbons (Fsp3) is 0.429. The Morgan fingerprint density at radius 2 is 1.91 bits per heavy atom. The summed E-state index contributed by atoms with van der Waals surface area (Å²) >= 11 is 0. The third-order valence-electron chi connectivity index (χ3n) is 7.62. The maximum absolute atomic E-state index is 12.9. The molecule has 0 bridgehead atoms. The van der Waals surface area contributed by atoms with E-state index in [1.807, 2.05) is 12.1 Å². The largest absolute Gasteiger partial charge is 0.361 e. The molecule has 2 fully saturated rings. The van der Waals surface area contributed by atoms with E-state index in [0.29, 0.717) is 28.6 Å². The maximum atomic E-state index is 12.9. The average Bonchev–Trinajstić information content (AvgIpc) is 3.54. The molecule has 1 saturated heterocycles. The number of piperidine rings is 1. The highest BCUT2D eigenvalue weighted by molar-refractivity contribution is 5.98. The van der Waals surface area contributed by atoms with Crippen LogP contribution in [0, 0.1) is 24.2 Å². The van der Waals surface area contributed by atoms with Gasteiger partial charge in [-0.15, -0.1) is 0 Å². The molecule has 1 N–H and O–H groups in total. The number of fused-ring (bicyclic) bond motifs is 1. The fourth-order valence-corrected chi connectivity index (χ4v) is 5.57. The van der Waals surface area contributed by atoms with Gasteiger partial charge >= 0.3 is 0 Å². The number of aryl methyl sites for hydroxylation is 1. The van der Waals surface area contributed by atoms with Crippen LogP contribution >= 0.6 is 0 Å². The van der Waals surface area contributed by atoms with E-state index in [1.54, 1.807) is 19.2 Å². The normalized spacial score (nSPS) is 17.2. The first-order chi connectivity index (χ1) is 16.5. The number of hydrogen-bond donors (Lipinski definition) is 1. The monoisotopic (exact) mass is 454 g/mol. The summed E-state index contributed by atoms with van der Waals surface area (Å²) in [4.78, 5) is 35.3. The molecule has 1 aromatic carbocycles. The van der Waals surface area contributed by atoms with Gasteiger partial charge in [0.2, 0.25) is 5.91 Å². The zero-order valence-corrected chi connectivity index (χ0v) is 19.6. The number of aromatic amines is 1. The quantitative estimate of drug-likeness (QED) is 0.545. The topological polar surface area (TPSA) is 89.8 Å². The summed E-state index contributed by atoms with van der Waals surface area (Å²) < 4.78 is 0. The number of aromatic nitrogens is 2. The molecule has 3 aromatic rings. The van der Waals surface area contributed by atoms with Crippen molar-refractivity contribution in [1.82, 2.24) is 14.9 Å². The minimum Gasteiger partial charge on any atom is -0.361 e. The minimum absolute atomic E-state index is 0.0424. The average molecular weight is 455 g/mol. The Kier molecular flexibility index (Phi) is 6.19. The van der Waals surface area contributed by atoms with Gasteiger partial charge in [0.05, 0.1) is 11.3 Å². The standard InChI is InChI=1S/C28H30N4O2/c1-18-22(15-29)14-23(16-30-18)27(33)13-19-6-7-26-24(12-19)25(17-31-26)20-8-10-32(11-9-20)28(34)21-4-2-3-5-21/h6-7,12,14,16-17,20-21,31H,2-5,8-11,13H2,1H3. The van der Waals surface area contributed by atoms with E-state index in [4.69, 9.17) is 0 Å². The van der Waals surface area contributed by atoms with Crippen molar-refractivity contribution >= 4 is 22.6 Å². The van der Waals surface area contributed by atoms with Crippen LogP contribution in [-0.4, -0.2) is 39.6 Å². The number of carbonyl (C=O) groups is 2. The number of nitriles is 1. The molecule has 6 nitrogen and oxygen atoms in total. The molecule has 0 atom stereocenters. The van der Waals surface area contributed by atoms with E-state index < -0.39 is 0 Å². The van der Waals surface area contributed by atoms with Crippen LogP contribution in [0.1, 0.15) is 77.2 Å². The van der Waals surface area contributed by atoms with Gasteiger partial charge in [-0.3, -0.25) is 14.6 Å². The number of hydrogen-bond acceptors (Lipinski definition) is 4. The van der Waals surface area contributed by atoms with Gasteiger partial charge in [0.15, 0.2) is 5.78 Å². The second kappa shape index (κ2) is 9.42. The molecule has 1 amide bonds. The number of amides is 1. The van der Waals surface area contributed by atoms with E-state index in [1.165, 1.54) is 18.4 Å². The second-order valence-electron chi connectivity index (χ2n) is 9.77.